The SMILES string of the molecule is CC(C)(C)[Si](OCC1=C([C@H](O)CC/C(=C/c2ccc(O)c3ccccc23)c2ccccn2)[C@H](CO)[C@@H]2C(=O)N(CCCCCC(=O)O)C(=O)[C@@H]2C1)(c1ccccc1)c1ccccc1. The molecule has 11 heteroatoms. The molecule has 10 nitrogen and oxygen atoms in total. The van der Waals surface area contributed by atoms with Gasteiger partial charge in [-0.25, -0.2) is 0 Å². The summed E-state index contributed by atoms with van der Waals surface area (Å²) in [4.78, 5) is 45.6. The molecule has 1 aliphatic heterocycles. The Morgan fingerprint density at radius 2 is 1.49 bits per heavy atom. The zero-order valence-electron chi connectivity index (χ0n) is 36.3. The lowest BCUT2D eigenvalue weighted by molar-refractivity contribution is -0.141. The maximum absolute atomic E-state index is 14.3. The smallest absolute Gasteiger partial charge is 0.303 e. The van der Waals surface area contributed by atoms with E-state index in [1.165, 1.54) is 4.90 Å². The van der Waals surface area contributed by atoms with E-state index in [2.05, 4.69) is 50.0 Å². The number of aliphatic hydroxyl groups excluding tert-OH is 2. The number of benzene rings is 4. The van der Waals surface area contributed by atoms with Crippen LogP contribution in [0, 0.1) is 17.8 Å². The van der Waals surface area contributed by atoms with Crippen LogP contribution in [-0.2, 0) is 18.8 Å². The first-order chi connectivity index (χ1) is 30.4. The molecule has 4 aromatic carbocycles. The fraction of sp³-hybridized carbons (Fsp3) is 0.346. The fourth-order valence-electron chi connectivity index (χ4n) is 9.95. The number of unbranched alkanes of at least 4 members (excludes halogenated alkanes) is 2. The van der Waals surface area contributed by atoms with Gasteiger partial charge in [-0.1, -0.05) is 124 Å². The third kappa shape index (κ3) is 9.48. The average Bonchev–Trinajstić information content (AvgIpc) is 3.52. The Labute approximate surface area is 370 Å². The van der Waals surface area contributed by atoms with Crippen LogP contribution in [0.2, 0.25) is 5.04 Å². The second kappa shape index (κ2) is 19.8. The number of aromatic nitrogens is 1. The number of imide groups is 1. The Hall–Kier alpha value is -5.72. The zero-order chi connectivity index (χ0) is 44.7. The number of phenols is 1. The molecule has 0 spiro atoms. The summed E-state index contributed by atoms with van der Waals surface area (Å²) in [5.41, 5.74) is 3.71. The van der Waals surface area contributed by atoms with Crippen LogP contribution >= 0.6 is 0 Å². The first kappa shape index (κ1) is 45.3. The normalized spacial score (nSPS) is 18.8. The zero-order valence-corrected chi connectivity index (χ0v) is 37.3. The van der Waals surface area contributed by atoms with E-state index in [0.29, 0.717) is 36.8 Å². The molecule has 328 valence electrons. The lowest BCUT2D eigenvalue weighted by Gasteiger charge is -2.44. The number of allylic oxidation sites excluding steroid dienone is 1. The van der Waals surface area contributed by atoms with Crippen molar-refractivity contribution in [3.8, 4) is 5.75 Å². The van der Waals surface area contributed by atoms with Gasteiger partial charge in [-0.15, -0.1) is 0 Å². The number of carbonyl (C=O) groups excluding carboxylic acids is 2. The van der Waals surface area contributed by atoms with Gasteiger partial charge in [-0.2, -0.15) is 0 Å². The average molecular weight is 867 g/mol. The summed E-state index contributed by atoms with van der Waals surface area (Å²) < 4.78 is 7.44. The Balaban J connectivity index is 1.28. The van der Waals surface area contributed by atoms with E-state index in [1.807, 2.05) is 91.0 Å². The highest BCUT2D eigenvalue weighted by atomic mass is 28.4. The van der Waals surface area contributed by atoms with E-state index in [1.54, 1.807) is 12.3 Å². The van der Waals surface area contributed by atoms with Crippen LogP contribution < -0.4 is 10.4 Å². The number of hydrogen-bond acceptors (Lipinski definition) is 8. The number of nitrogens with zero attached hydrogens (tertiary/aromatic N) is 2. The van der Waals surface area contributed by atoms with Crippen LogP contribution in [0.25, 0.3) is 22.4 Å². The van der Waals surface area contributed by atoms with E-state index in [9.17, 15) is 29.7 Å². The molecule has 1 aliphatic carbocycles. The first-order valence-corrected chi connectivity index (χ1v) is 23.9. The topological polar surface area (TPSA) is 157 Å². The molecular weight excluding hydrogens is 809 g/mol. The molecule has 2 amide bonds. The van der Waals surface area contributed by atoms with Gasteiger partial charge in [0.2, 0.25) is 11.8 Å². The molecular formula is C52H58N2O8Si. The van der Waals surface area contributed by atoms with Crippen LogP contribution in [0.15, 0.2) is 133 Å². The van der Waals surface area contributed by atoms with Crippen LogP contribution in [-0.4, -0.2) is 82.3 Å². The van der Waals surface area contributed by atoms with Gasteiger partial charge in [0.25, 0.3) is 8.32 Å². The summed E-state index contributed by atoms with van der Waals surface area (Å²) in [7, 11) is -3.11. The number of likely N-dealkylation sites (tertiary alicyclic amines) is 1. The van der Waals surface area contributed by atoms with Crippen molar-refractivity contribution >= 4 is 58.9 Å². The van der Waals surface area contributed by atoms with E-state index >= 15 is 0 Å². The van der Waals surface area contributed by atoms with Crippen LogP contribution in [0.5, 0.6) is 5.75 Å². The highest BCUT2D eigenvalue weighted by Crippen LogP contribution is 2.47. The largest absolute Gasteiger partial charge is 0.507 e. The van der Waals surface area contributed by atoms with Gasteiger partial charge >= 0.3 is 5.97 Å². The summed E-state index contributed by atoms with van der Waals surface area (Å²) in [5.74, 6) is -3.83. The molecule has 1 aromatic heterocycles. The Bertz CT molecular complexity index is 2430. The van der Waals surface area contributed by atoms with Gasteiger partial charge in [0.05, 0.1) is 36.8 Å². The lowest BCUT2D eigenvalue weighted by Crippen LogP contribution is -2.66. The molecule has 5 aromatic rings. The third-order valence-electron chi connectivity index (χ3n) is 12.9. The molecule has 0 radical (unpaired) electrons. The summed E-state index contributed by atoms with van der Waals surface area (Å²) >= 11 is 0. The van der Waals surface area contributed by atoms with E-state index in [0.717, 1.165) is 38.0 Å². The van der Waals surface area contributed by atoms with Crippen molar-refractivity contribution in [3.63, 3.8) is 0 Å². The van der Waals surface area contributed by atoms with Gasteiger partial charge in [0, 0.05) is 30.5 Å². The predicted octanol–water partition coefficient (Wildman–Crippen LogP) is 7.75. The summed E-state index contributed by atoms with van der Waals surface area (Å²) in [6, 6.07) is 37.3. The van der Waals surface area contributed by atoms with E-state index in [-0.39, 0.29) is 55.0 Å². The Kier molecular flexibility index (Phi) is 14.2. The number of pyridine rings is 1. The van der Waals surface area contributed by atoms with Crippen molar-refractivity contribution < 1.29 is 39.2 Å². The van der Waals surface area contributed by atoms with E-state index in [4.69, 9.17) is 9.53 Å². The van der Waals surface area contributed by atoms with Crippen molar-refractivity contribution in [2.24, 2.45) is 17.8 Å². The number of amides is 2. The summed E-state index contributed by atoms with van der Waals surface area (Å²) in [6.07, 6.45) is 4.91. The molecule has 63 heavy (non-hydrogen) atoms. The standard InChI is InChI=1S/C52H58N2O8Si/c1-52(2,3)63(38-17-7-4-8-18-38,39-19-9-5-10-20-39)62-34-37-32-42-49(51(61)54(50(42)60)30-16-6-11-24-47(58)59)43(33-55)48(37)46(57)28-26-36(44-23-14-15-29-53-44)31-35-25-27-45(56)41-22-13-12-21-40(35)41/h4-5,7-10,12-15,17-23,25,27,29,31,42-43,46,49,55-57H,6,11,16,24,26,28,30,32-34H2,1-3H3,(H,58,59)/b36-31-/t42-,43+,46-,49-/m1/s1. The number of hydrogen-bond donors (Lipinski definition) is 4. The number of carboxylic acid groups (broad SMARTS) is 1. The number of phenolic OH excluding ortho intramolecular Hbond substituents is 1. The van der Waals surface area contributed by atoms with Crippen molar-refractivity contribution in [3.05, 3.63) is 144 Å². The molecule has 0 bridgehead atoms. The van der Waals surface area contributed by atoms with Crippen LogP contribution in [0.1, 0.15) is 77.0 Å². The maximum atomic E-state index is 14.3. The second-order valence-electron chi connectivity index (χ2n) is 17.8. The number of aromatic hydroxyl groups is 1. The number of fused-ring (bicyclic) bond motifs is 2. The van der Waals surface area contributed by atoms with Crippen molar-refractivity contribution in [2.75, 3.05) is 19.8 Å². The minimum Gasteiger partial charge on any atom is -0.507 e. The molecule has 1 saturated heterocycles. The predicted molar refractivity (Wildman–Crippen MR) is 249 cm³/mol. The second-order valence-corrected chi connectivity index (χ2v) is 22.1. The van der Waals surface area contributed by atoms with Gasteiger partial charge in [0.1, 0.15) is 5.75 Å². The van der Waals surface area contributed by atoms with Gasteiger partial charge in [-0.05, 0) is 99.5 Å². The molecule has 2 aliphatic rings. The minimum absolute atomic E-state index is 0.0162. The van der Waals surface area contributed by atoms with Crippen molar-refractivity contribution in [2.45, 2.75) is 76.9 Å². The summed E-state index contributed by atoms with van der Waals surface area (Å²) in [5, 5.41) is 47.0. The van der Waals surface area contributed by atoms with Crippen LogP contribution in [0.4, 0.5) is 0 Å². The summed E-state index contributed by atoms with van der Waals surface area (Å²) in [6.45, 7) is 6.36. The molecule has 7 rings (SSSR count). The number of carbonyl (C=O) groups is 3. The number of rotatable bonds is 18. The third-order valence-corrected chi connectivity index (χ3v) is 17.9. The quantitative estimate of drug-likeness (QED) is 0.0299. The van der Waals surface area contributed by atoms with Gasteiger partial charge in [-0.3, -0.25) is 24.3 Å². The monoisotopic (exact) mass is 866 g/mol. The lowest BCUT2D eigenvalue weighted by atomic mass is 9.68. The fourth-order valence-corrected chi connectivity index (χ4v) is 14.5. The van der Waals surface area contributed by atoms with E-state index < -0.39 is 44.8 Å². The van der Waals surface area contributed by atoms with Gasteiger partial charge in [0.15, 0.2) is 0 Å². The number of aliphatic hydroxyl groups is 2. The number of aliphatic carboxylic acids is 1. The molecule has 1 fully saturated rings. The Morgan fingerprint density at radius 1 is 0.841 bits per heavy atom. The highest BCUT2D eigenvalue weighted by molar-refractivity contribution is 6.99. The number of carboxylic acids is 1. The molecule has 4 atom stereocenters. The maximum Gasteiger partial charge on any atom is 0.303 e. The van der Waals surface area contributed by atoms with Crippen molar-refractivity contribution in [1.82, 2.24) is 9.88 Å². The molecule has 2 heterocycles. The molecule has 4 N–H and O–H groups in total. The van der Waals surface area contributed by atoms with Crippen molar-refractivity contribution in [1.29, 1.82) is 0 Å². The molecule has 0 unspecified atom stereocenters. The molecule has 0 saturated carbocycles. The van der Waals surface area contributed by atoms with Crippen LogP contribution in [0.3, 0.4) is 0 Å². The Morgan fingerprint density at radius 3 is 2.11 bits per heavy atom. The first-order valence-electron chi connectivity index (χ1n) is 22.0. The van der Waals surface area contributed by atoms with Gasteiger partial charge < -0.3 is 24.9 Å². The minimum atomic E-state index is -3.11. The highest BCUT2D eigenvalue weighted by Gasteiger charge is 2.56.